The second kappa shape index (κ2) is 17.1. The Bertz CT molecular complexity index is 1610. The van der Waals surface area contributed by atoms with Gasteiger partial charge in [-0.15, -0.1) is 11.8 Å². The molecule has 246 valence electrons. The predicted octanol–water partition coefficient (Wildman–Crippen LogP) is 7.45. The van der Waals surface area contributed by atoms with Crippen molar-refractivity contribution in [2.24, 2.45) is 0 Å². The van der Waals surface area contributed by atoms with E-state index in [1.165, 1.54) is 0 Å². The van der Waals surface area contributed by atoms with E-state index in [0.29, 0.717) is 32.2 Å². The van der Waals surface area contributed by atoms with Gasteiger partial charge in [0.05, 0.1) is 25.9 Å². The van der Waals surface area contributed by atoms with E-state index in [9.17, 15) is 14.7 Å². The Hall–Kier alpha value is -4.15. The van der Waals surface area contributed by atoms with Crippen LogP contribution in [0.3, 0.4) is 0 Å². The number of benzene rings is 4. The number of thioether (sulfide) groups is 1. The number of hydrogen-bond donors (Lipinski definition) is 3. The molecule has 0 spiro atoms. The molecule has 1 aliphatic heterocycles. The van der Waals surface area contributed by atoms with Gasteiger partial charge in [0.2, 0.25) is 5.91 Å². The summed E-state index contributed by atoms with van der Waals surface area (Å²) in [4.78, 5) is 24.1. The van der Waals surface area contributed by atoms with Crippen LogP contribution in [0.1, 0.15) is 66.8 Å². The second-order valence-corrected chi connectivity index (χ2v) is 12.5. The standard InChI is InChI=1S/C38H41NO7S/c1-44-33-10-4-5-11-35(33)47-25-31-22-34(28-16-14-26(24-40)15-17-28)46-38(45-31)29-20-18-27(19-21-29)32-9-3-2-8-30(32)23-39-36(41)12-6-7-13-37(42)43/h2-5,8-11,14-21,31,34,38,40H,6-7,12-13,22-25H2,1H3,(H,39,41)(H,42,43)/t31-,34+,38+/m1/s1. The van der Waals surface area contributed by atoms with Crippen LogP contribution in [-0.4, -0.2) is 41.1 Å². The van der Waals surface area contributed by atoms with Crippen molar-refractivity contribution in [2.45, 2.75) is 68.6 Å². The smallest absolute Gasteiger partial charge is 0.303 e. The van der Waals surface area contributed by atoms with E-state index in [-0.39, 0.29) is 31.1 Å². The normalized spacial score (nSPS) is 17.6. The molecule has 4 aromatic carbocycles. The molecule has 0 radical (unpaired) electrons. The maximum atomic E-state index is 12.4. The van der Waals surface area contributed by atoms with Crippen molar-refractivity contribution < 1.29 is 34.0 Å². The van der Waals surface area contributed by atoms with Crippen LogP contribution in [0.25, 0.3) is 11.1 Å². The minimum atomic E-state index is -0.844. The molecule has 0 aliphatic carbocycles. The van der Waals surface area contributed by atoms with Crippen LogP contribution in [0.4, 0.5) is 0 Å². The first-order valence-electron chi connectivity index (χ1n) is 15.9. The van der Waals surface area contributed by atoms with E-state index in [0.717, 1.165) is 49.8 Å². The lowest BCUT2D eigenvalue weighted by Gasteiger charge is -2.36. The molecule has 3 N–H and O–H groups in total. The van der Waals surface area contributed by atoms with Crippen molar-refractivity contribution in [3.8, 4) is 16.9 Å². The van der Waals surface area contributed by atoms with Gasteiger partial charge in [0.15, 0.2) is 6.29 Å². The molecule has 1 fully saturated rings. The summed E-state index contributed by atoms with van der Waals surface area (Å²) in [7, 11) is 1.68. The molecule has 0 aromatic heterocycles. The lowest BCUT2D eigenvalue weighted by Crippen LogP contribution is -2.31. The zero-order valence-corrected chi connectivity index (χ0v) is 27.3. The van der Waals surface area contributed by atoms with Crippen LogP contribution in [-0.2, 0) is 32.2 Å². The second-order valence-electron chi connectivity index (χ2n) is 11.5. The van der Waals surface area contributed by atoms with Crippen LogP contribution < -0.4 is 10.1 Å². The molecule has 0 unspecified atom stereocenters. The van der Waals surface area contributed by atoms with Crippen LogP contribution >= 0.6 is 11.8 Å². The summed E-state index contributed by atoms with van der Waals surface area (Å²) in [5, 5.41) is 21.3. The van der Waals surface area contributed by atoms with Gasteiger partial charge in [0.25, 0.3) is 0 Å². The number of carbonyl (C=O) groups is 2. The van der Waals surface area contributed by atoms with Crippen molar-refractivity contribution in [1.29, 1.82) is 0 Å². The van der Waals surface area contributed by atoms with Gasteiger partial charge in [-0.1, -0.05) is 84.9 Å². The number of hydrogen-bond acceptors (Lipinski definition) is 7. The number of rotatable bonds is 15. The van der Waals surface area contributed by atoms with E-state index in [1.807, 2.05) is 91.0 Å². The number of methoxy groups -OCH3 is 1. The molecule has 1 heterocycles. The number of aliphatic hydroxyl groups is 1. The predicted molar refractivity (Wildman–Crippen MR) is 182 cm³/mol. The van der Waals surface area contributed by atoms with Crippen molar-refractivity contribution in [1.82, 2.24) is 5.32 Å². The third-order valence-electron chi connectivity index (χ3n) is 8.14. The lowest BCUT2D eigenvalue weighted by atomic mass is 9.97. The summed E-state index contributed by atoms with van der Waals surface area (Å²) in [6.07, 6.45) is 1.25. The maximum absolute atomic E-state index is 12.4. The first-order chi connectivity index (χ1) is 22.9. The van der Waals surface area contributed by atoms with Gasteiger partial charge < -0.3 is 29.7 Å². The van der Waals surface area contributed by atoms with Crippen LogP contribution in [0, 0.1) is 0 Å². The molecule has 4 aromatic rings. The van der Waals surface area contributed by atoms with Gasteiger partial charge in [-0.3, -0.25) is 9.59 Å². The minimum Gasteiger partial charge on any atom is -0.496 e. The van der Waals surface area contributed by atoms with Gasteiger partial charge in [0, 0.05) is 42.0 Å². The number of aliphatic carboxylic acids is 1. The third-order valence-corrected chi connectivity index (χ3v) is 9.33. The fourth-order valence-electron chi connectivity index (χ4n) is 5.56. The lowest BCUT2D eigenvalue weighted by molar-refractivity contribution is -0.245. The average Bonchev–Trinajstić information content (AvgIpc) is 3.11. The Morgan fingerprint density at radius 1 is 0.872 bits per heavy atom. The van der Waals surface area contributed by atoms with Gasteiger partial charge in [0.1, 0.15) is 5.75 Å². The SMILES string of the molecule is COc1ccccc1SC[C@H]1C[C@@H](c2ccc(CO)cc2)O[C@@H](c2ccc(-c3ccccc3CNC(=O)CCCCC(=O)O)cc2)O1. The number of unbranched alkanes of at least 4 members (excludes halogenated alkanes) is 1. The quantitative estimate of drug-likeness (QED) is 0.0894. The van der Waals surface area contributed by atoms with E-state index in [1.54, 1.807) is 18.9 Å². The van der Waals surface area contributed by atoms with Gasteiger partial charge in [-0.2, -0.15) is 0 Å². The number of carbonyl (C=O) groups excluding carboxylic acids is 1. The molecular formula is C38H41NO7S. The highest BCUT2D eigenvalue weighted by Crippen LogP contribution is 2.41. The summed E-state index contributed by atoms with van der Waals surface area (Å²) in [6, 6.07) is 32.0. The van der Waals surface area contributed by atoms with E-state index in [4.69, 9.17) is 19.3 Å². The summed E-state index contributed by atoms with van der Waals surface area (Å²) in [6.45, 7) is 0.374. The highest BCUT2D eigenvalue weighted by molar-refractivity contribution is 7.99. The van der Waals surface area contributed by atoms with Gasteiger partial charge in [-0.05, 0) is 52.8 Å². The number of aliphatic hydroxyl groups excluding tert-OH is 1. The molecule has 5 rings (SSSR count). The van der Waals surface area contributed by atoms with E-state index in [2.05, 4.69) is 11.4 Å². The molecule has 8 nitrogen and oxygen atoms in total. The fraction of sp³-hybridized carbons (Fsp3) is 0.316. The van der Waals surface area contributed by atoms with Crippen molar-refractivity contribution >= 4 is 23.6 Å². The van der Waals surface area contributed by atoms with Crippen molar-refractivity contribution in [3.05, 3.63) is 119 Å². The van der Waals surface area contributed by atoms with E-state index >= 15 is 0 Å². The number of carboxylic acid groups (broad SMARTS) is 1. The maximum Gasteiger partial charge on any atom is 0.303 e. The summed E-state index contributed by atoms with van der Waals surface area (Å²) in [5.74, 6) is 0.625. The first-order valence-corrected chi connectivity index (χ1v) is 16.8. The number of amides is 1. The molecular weight excluding hydrogens is 614 g/mol. The fourth-order valence-corrected chi connectivity index (χ4v) is 6.61. The molecule has 0 saturated carbocycles. The Labute approximate surface area is 280 Å². The minimum absolute atomic E-state index is 0.00778. The Kier molecular flexibility index (Phi) is 12.5. The topological polar surface area (TPSA) is 114 Å². The Morgan fingerprint density at radius 2 is 1.57 bits per heavy atom. The van der Waals surface area contributed by atoms with Crippen LogP contribution in [0.15, 0.2) is 102 Å². The van der Waals surface area contributed by atoms with Crippen molar-refractivity contribution in [2.75, 3.05) is 12.9 Å². The zero-order chi connectivity index (χ0) is 33.0. The van der Waals surface area contributed by atoms with Crippen molar-refractivity contribution in [3.63, 3.8) is 0 Å². The molecule has 1 amide bonds. The first kappa shape index (κ1) is 34.2. The molecule has 1 saturated heterocycles. The molecule has 1 aliphatic rings. The largest absolute Gasteiger partial charge is 0.496 e. The monoisotopic (exact) mass is 655 g/mol. The number of para-hydroxylation sites is 1. The highest BCUT2D eigenvalue weighted by Gasteiger charge is 2.32. The summed E-state index contributed by atoms with van der Waals surface area (Å²) < 4.78 is 18.6. The molecule has 3 atom stereocenters. The third kappa shape index (κ3) is 9.68. The van der Waals surface area contributed by atoms with Gasteiger partial charge >= 0.3 is 5.97 Å². The number of carboxylic acids is 1. The van der Waals surface area contributed by atoms with Crippen LogP contribution in [0.2, 0.25) is 0 Å². The van der Waals surface area contributed by atoms with E-state index < -0.39 is 12.3 Å². The zero-order valence-electron chi connectivity index (χ0n) is 26.5. The summed E-state index contributed by atoms with van der Waals surface area (Å²) in [5.41, 5.74) is 5.82. The summed E-state index contributed by atoms with van der Waals surface area (Å²) >= 11 is 1.70. The molecule has 0 bridgehead atoms. The number of nitrogens with one attached hydrogen (secondary N) is 1. The Balaban J connectivity index is 1.28. The molecule has 9 heteroatoms. The van der Waals surface area contributed by atoms with Crippen LogP contribution in [0.5, 0.6) is 5.75 Å². The number of ether oxygens (including phenoxy) is 3. The average molecular weight is 656 g/mol. The molecule has 47 heavy (non-hydrogen) atoms. The van der Waals surface area contributed by atoms with Gasteiger partial charge in [-0.25, -0.2) is 0 Å². The highest BCUT2D eigenvalue weighted by atomic mass is 32.2. The Morgan fingerprint density at radius 3 is 2.32 bits per heavy atom.